The molecule has 1 saturated heterocycles. The Morgan fingerprint density at radius 1 is 1.08 bits per heavy atom. The van der Waals surface area contributed by atoms with E-state index in [0.29, 0.717) is 12.6 Å². The van der Waals surface area contributed by atoms with Crippen molar-refractivity contribution in [3.05, 3.63) is 66.2 Å². The molecule has 1 N–H and O–H groups in total. The van der Waals surface area contributed by atoms with Crippen LogP contribution < -0.4 is 10.2 Å². The summed E-state index contributed by atoms with van der Waals surface area (Å²) in [7, 11) is 0. The van der Waals surface area contributed by atoms with Crippen molar-refractivity contribution < 1.29 is 4.79 Å². The topological polar surface area (TPSA) is 35.6 Å². The van der Waals surface area contributed by atoms with Gasteiger partial charge in [-0.3, -0.25) is 0 Å². The minimum atomic E-state index is 0.0525. The molecule has 0 saturated carbocycles. The summed E-state index contributed by atoms with van der Waals surface area (Å²) in [5.74, 6) is 0. The molecule has 1 heterocycles. The number of para-hydroxylation sites is 1. The number of hydrogen-bond acceptors (Lipinski definition) is 2. The summed E-state index contributed by atoms with van der Waals surface area (Å²) in [6.45, 7) is 5.50. The third-order valence-corrected chi connectivity index (χ3v) is 4.68. The van der Waals surface area contributed by atoms with E-state index in [4.69, 9.17) is 0 Å². The van der Waals surface area contributed by atoms with Crippen molar-refractivity contribution in [2.75, 3.05) is 31.1 Å². The third-order valence-electron chi connectivity index (χ3n) is 4.68. The van der Waals surface area contributed by atoms with E-state index in [9.17, 15) is 4.79 Å². The van der Waals surface area contributed by atoms with Gasteiger partial charge in [0.05, 0.1) is 6.04 Å². The van der Waals surface area contributed by atoms with E-state index < -0.39 is 0 Å². The molecule has 0 atom stereocenters. The first-order chi connectivity index (χ1) is 12.3. The first-order valence-corrected chi connectivity index (χ1v) is 9.16. The average Bonchev–Trinajstić information content (AvgIpc) is 2.61. The van der Waals surface area contributed by atoms with Crippen LogP contribution >= 0.6 is 0 Å². The van der Waals surface area contributed by atoms with Gasteiger partial charge in [0.15, 0.2) is 0 Å². The predicted molar refractivity (Wildman–Crippen MR) is 103 cm³/mol. The highest BCUT2D eigenvalue weighted by Crippen LogP contribution is 2.23. The highest BCUT2D eigenvalue weighted by molar-refractivity contribution is 5.75. The molecule has 4 nitrogen and oxygen atoms in total. The summed E-state index contributed by atoms with van der Waals surface area (Å²) in [6, 6.07) is 21.2. The van der Waals surface area contributed by atoms with Gasteiger partial charge in [0.1, 0.15) is 0 Å². The molecule has 132 valence electrons. The lowest BCUT2D eigenvalue weighted by atomic mass is 10.1. The first-order valence-electron chi connectivity index (χ1n) is 9.16. The minimum Gasteiger partial charge on any atom is -0.365 e. The molecule has 4 heteroatoms. The quantitative estimate of drug-likeness (QED) is 0.839. The van der Waals surface area contributed by atoms with Crippen molar-refractivity contribution in [3.63, 3.8) is 0 Å². The second-order valence-electron chi connectivity index (χ2n) is 6.56. The zero-order chi connectivity index (χ0) is 17.5. The van der Waals surface area contributed by atoms with E-state index >= 15 is 0 Å². The maximum atomic E-state index is 12.3. The SMILES string of the molecule is CCCN(c1ccccc1)C1CN(C(=O)NCCc2ccccc2)C1. The Labute approximate surface area is 150 Å². The lowest BCUT2D eigenvalue weighted by molar-refractivity contribution is 0.149. The molecule has 1 aliphatic rings. The first kappa shape index (κ1) is 17.3. The number of amides is 2. The van der Waals surface area contributed by atoms with Gasteiger partial charge in [0, 0.05) is 31.9 Å². The molecule has 0 unspecified atom stereocenters. The highest BCUT2D eigenvalue weighted by Gasteiger charge is 2.34. The smallest absolute Gasteiger partial charge is 0.317 e. The van der Waals surface area contributed by atoms with Crippen LogP contribution in [0.4, 0.5) is 10.5 Å². The van der Waals surface area contributed by atoms with E-state index in [0.717, 1.165) is 32.5 Å². The Hall–Kier alpha value is -2.49. The number of carbonyl (C=O) groups excluding carboxylic acids is 1. The van der Waals surface area contributed by atoms with E-state index in [1.807, 2.05) is 29.2 Å². The molecule has 25 heavy (non-hydrogen) atoms. The van der Waals surface area contributed by atoms with Gasteiger partial charge in [-0.2, -0.15) is 0 Å². The molecular formula is C21H27N3O. The number of urea groups is 1. The van der Waals surface area contributed by atoms with Crippen LogP contribution in [0, 0.1) is 0 Å². The summed E-state index contributed by atoms with van der Waals surface area (Å²) in [6.07, 6.45) is 1.98. The number of carbonyl (C=O) groups is 1. The number of nitrogens with one attached hydrogen (secondary N) is 1. The number of benzene rings is 2. The van der Waals surface area contributed by atoms with Gasteiger partial charge in [-0.25, -0.2) is 4.79 Å². The van der Waals surface area contributed by atoms with Crippen molar-refractivity contribution >= 4 is 11.7 Å². The molecule has 0 bridgehead atoms. The zero-order valence-corrected chi connectivity index (χ0v) is 14.9. The third kappa shape index (κ3) is 4.53. The van der Waals surface area contributed by atoms with Crippen molar-refractivity contribution in [1.82, 2.24) is 10.2 Å². The van der Waals surface area contributed by atoms with Gasteiger partial charge in [0.25, 0.3) is 0 Å². The Morgan fingerprint density at radius 2 is 1.72 bits per heavy atom. The van der Waals surface area contributed by atoms with Crippen molar-refractivity contribution in [3.8, 4) is 0 Å². The molecule has 2 aromatic rings. The molecule has 0 aliphatic carbocycles. The number of rotatable bonds is 7. The molecule has 2 aromatic carbocycles. The van der Waals surface area contributed by atoms with Crippen LogP contribution in [-0.4, -0.2) is 43.2 Å². The van der Waals surface area contributed by atoms with Crippen LogP contribution in [0.25, 0.3) is 0 Å². The minimum absolute atomic E-state index is 0.0525. The van der Waals surface area contributed by atoms with Gasteiger partial charge in [-0.15, -0.1) is 0 Å². The highest BCUT2D eigenvalue weighted by atomic mass is 16.2. The zero-order valence-electron chi connectivity index (χ0n) is 14.9. The van der Waals surface area contributed by atoms with Gasteiger partial charge >= 0.3 is 6.03 Å². The van der Waals surface area contributed by atoms with Crippen molar-refractivity contribution in [2.24, 2.45) is 0 Å². The number of hydrogen-bond donors (Lipinski definition) is 1. The Balaban J connectivity index is 1.45. The second kappa shape index (κ2) is 8.56. The van der Waals surface area contributed by atoms with E-state index in [2.05, 4.69) is 53.5 Å². The van der Waals surface area contributed by atoms with Crippen LogP contribution in [0.5, 0.6) is 0 Å². The Kier molecular flexibility index (Phi) is 5.94. The monoisotopic (exact) mass is 337 g/mol. The summed E-state index contributed by atoms with van der Waals surface area (Å²) in [5, 5.41) is 3.03. The largest absolute Gasteiger partial charge is 0.365 e. The normalized spacial score (nSPS) is 14.0. The van der Waals surface area contributed by atoms with Gasteiger partial charge in [-0.1, -0.05) is 55.5 Å². The second-order valence-corrected chi connectivity index (χ2v) is 6.56. The summed E-state index contributed by atoms with van der Waals surface area (Å²) >= 11 is 0. The van der Waals surface area contributed by atoms with Crippen LogP contribution in [0.1, 0.15) is 18.9 Å². The molecule has 0 spiro atoms. The summed E-state index contributed by atoms with van der Waals surface area (Å²) < 4.78 is 0. The van der Waals surface area contributed by atoms with Crippen molar-refractivity contribution in [2.45, 2.75) is 25.8 Å². The van der Waals surface area contributed by atoms with Crippen LogP contribution in [0.2, 0.25) is 0 Å². The molecule has 3 rings (SSSR count). The van der Waals surface area contributed by atoms with Gasteiger partial charge in [0.2, 0.25) is 0 Å². The number of nitrogens with zero attached hydrogens (tertiary/aromatic N) is 2. The number of likely N-dealkylation sites (tertiary alicyclic amines) is 1. The molecule has 1 aliphatic heterocycles. The fourth-order valence-corrected chi connectivity index (χ4v) is 3.27. The van der Waals surface area contributed by atoms with Crippen LogP contribution in [0.3, 0.4) is 0 Å². The summed E-state index contributed by atoms with van der Waals surface area (Å²) in [4.78, 5) is 16.6. The summed E-state index contributed by atoms with van der Waals surface area (Å²) in [5.41, 5.74) is 2.50. The van der Waals surface area contributed by atoms with Gasteiger partial charge in [-0.05, 0) is 30.5 Å². The van der Waals surface area contributed by atoms with E-state index in [1.54, 1.807) is 0 Å². The van der Waals surface area contributed by atoms with Gasteiger partial charge < -0.3 is 15.1 Å². The maximum absolute atomic E-state index is 12.3. The molecule has 1 fully saturated rings. The van der Waals surface area contributed by atoms with E-state index in [1.165, 1.54) is 11.3 Å². The lowest BCUT2D eigenvalue weighted by Crippen LogP contribution is -2.63. The molecule has 0 aromatic heterocycles. The van der Waals surface area contributed by atoms with Crippen molar-refractivity contribution in [1.29, 1.82) is 0 Å². The van der Waals surface area contributed by atoms with E-state index in [-0.39, 0.29) is 6.03 Å². The standard InChI is InChI=1S/C21H27N3O/c1-2-15-24(19-11-7-4-8-12-19)20-16-23(17-20)21(25)22-14-13-18-9-5-3-6-10-18/h3-12,20H,2,13-17H2,1H3,(H,22,25). The fourth-order valence-electron chi connectivity index (χ4n) is 3.27. The predicted octanol–water partition coefficient (Wildman–Crippen LogP) is 3.54. The molecular weight excluding hydrogens is 310 g/mol. The molecule has 0 radical (unpaired) electrons. The van der Waals surface area contributed by atoms with Crippen LogP contribution in [0.15, 0.2) is 60.7 Å². The lowest BCUT2D eigenvalue weighted by Gasteiger charge is -2.46. The fraction of sp³-hybridized carbons (Fsp3) is 0.381. The molecule has 2 amide bonds. The number of anilines is 1. The van der Waals surface area contributed by atoms with Crippen LogP contribution in [-0.2, 0) is 6.42 Å². The Bertz CT molecular complexity index is 653. The Morgan fingerprint density at radius 3 is 2.36 bits per heavy atom. The maximum Gasteiger partial charge on any atom is 0.317 e. The average molecular weight is 337 g/mol.